The molecule has 0 amide bonds. The fourth-order valence-corrected chi connectivity index (χ4v) is 6.29. The van der Waals surface area contributed by atoms with Crippen LogP contribution in [0.1, 0.15) is 55.9 Å². The number of aromatic amines is 1. The molecular weight excluding hydrogens is 398 g/mol. The third-order valence-corrected chi connectivity index (χ3v) is 8.21. The number of thioether (sulfide) groups is 1. The van der Waals surface area contributed by atoms with Gasteiger partial charge in [-0.15, -0.1) is 23.1 Å². The van der Waals surface area contributed by atoms with Crippen molar-refractivity contribution in [1.82, 2.24) is 9.97 Å². The average molecular weight is 424 g/mol. The molecule has 150 valence electrons. The van der Waals surface area contributed by atoms with E-state index in [1.807, 2.05) is 23.1 Å². The molecule has 2 N–H and O–H groups in total. The molecule has 2 fully saturated rings. The van der Waals surface area contributed by atoms with Gasteiger partial charge in [-0.2, -0.15) is 0 Å². The van der Waals surface area contributed by atoms with Crippen LogP contribution in [0.3, 0.4) is 0 Å². The lowest BCUT2D eigenvalue weighted by Gasteiger charge is -2.18. The van der Waals surface area contributed by atoms with E-state index in [0.29, 0.717) is 5.92 Å². The summed E-state index contributed by atoms with van der Waals surface area (Å²) in [6.45, 7) is 0. The number of benzene rings is 1. The molecule has 0 aliphatic heterocycles. The molecule has 2 aromatic heterocycles. The molecule has 4 nitrogen and oxygen atoms in total. The van der Waals surface area contributed by atoms with Crippen molar-refractivity contribution in [3.05, 3.63) is 58.1 Å². The van der Waals surface area contributed by atoms with Crippen molar-refractivity contribution in [2.75, 3.05) is 5.32 Å². The Kier molecular flexibility index (Phi) is 5.46. The fraction of sp³-hybridized carbons (Fsp3) is 0.391. The second kappa shape index (κ2) is 8.36. The maximum atomic E-state index is 11.3. The lowest BCUT2D eigenvalue weighted by Crippen LogP contribution is -2.03. The summed E-state index contributed by atoms with van der Waals surface area (Å²) in [4.78, 5) is 21.4. The summed E-state index contributed by atoms with van der Waals surface area (Å²) in [5.74, 6) is 0.656. The predicted molar refractivity (Wildman–Crippen MR) is 123 cm³/mol. The Morgan fingerprint density at radius 2 is 1.86 bits per heavy atom. The lowest BCUT2D eigenvalue weighted by molar-refractivity contribution is 0.442. The van der Waals surface area contributed by atoms with Crippen LogP contribution in [0.4, 0.5) is 11.4 Å². The Morgan fingerprint density at radius 1 is 1.03 bits per heavy atom. The van der Waals surface area contributed by atoms with Crippen molar-refractivity contribution in [3.63, 3.8) is 0 Å². The van der Waals surface area contributed by atoms with Gasteiger partial charge in [0.2, 0.25) is 5.56 Å². The summed E-state index contributed by atoms with van der Waals surface area (Å²) < 4.78 is 0. The first-order chi connectivity index (χ1) is 14.2. The van der Waals surface area contributed by atoms with E-state index in [1.165, 1.54) is 65.3 Å². The molecule has 0 unspecified atom stereocenters. The molecule has 2 saturated carbocycles. The summed E-state index contributed by atoms with van der Waals surface area (Å²) in [6.07, 6.45) is 13.0. The SMILES string of the molecule is O=c1ccc(Nc2ccc(-c3cnc(C4CCCCC4)s3)c(SC3CC3)c2)c[nH]1. The number of rotatable bonds is 6. The summed E-state index contributed by atoms with van der Waals surface area (Å²) in [6, 6.07) is 9.93. The van der Waals surface area contributed by atoms with Gasteiger partial charge in [0.05, 0.1) is 15.6 Å². The second-order valence-electron chi connectivity index (χ2n) is 7.99. The molecule has 0 atom stereocenters. The molecule has 6 heteroatoms. The topological polar surface area (TPSA) is 57.8 Å². The van der Waals surface area contributed by atoms with E-state index in [1.54, 1.807) is 18.3 Å². The lowest BCUT2D eigenvalue weighted by atomic mass is 9.90. The van der Waals surface area contributed by atoms with Gasteiger partial charge in [0, 0.05) is 45.8 Å². The number of hydrogen-bond donors (Lipinski definition) is 2. The van der Waals surface area contributed by atoms with Crippen molar-refractivity contribution in [3.8, 4) is 10.4 Å². The first-order valence-corrected chi connectivity index (χ1v) is 12.2. The third kappa shape index (κ3) is 4.59. The molecule has 5 rings (SSSR count). The highest BCUT2D eigenvalue weighted by Gasteiger charge is 2.25. The molecule has 0 radical (unpaired) electrons. The normalized spacial score (nSPS) is 17.4. The van der Waals surface area contributed by atoms with Gasteiger partial charge < -0.3 is 10.3 Å². The van der Waals surface area contributed by atoms with Crippen LogP contribution in [0, 0.1) is 0 Å². The van der Waals surface area contributed by atoms with Gasteiger partial charge in [-0.1, -0.05) is 25.3 Å². The molecule has 2 heterocycles. The van der Waals surface area contributed by atoms with E-state index in [9.17, 15) is 4.79 Å². The molecule has 1 aromatic carbocycles. The maximum absolute atomic E-state index is 11.3. The van der Waals surface area contributed by atoms with E-state index >= 15 is 0 Å². The highest BCUT2D eigenvalue weighted by atomic mass is 32.2. The molecule has 2 aliphatic carbocycles. The van der Waals surface area contributed by atoms with E-state index in [-0.39, 0.29) is 5.56 Å². The van der Waals surface area contributed by atoms with Crippen LogP contribution < -0.4 is 10.9 Å². The molecule has 3 aromatic rings. The van der Waals surface area contributed by atoms with Crippen LogP contribution in [0.25, 0.3) is 10.4 Å². The van der Waals surface area contributed by atoms with Crippen molar-refractivity contribution in [2.45, 2.75) is 61.0 Å². The number of thiazole rings is 1. The van der Waals surface area contributed by atoms with Crippen molar-refractivity contribution >= 4 is 34.5 Å². The van der Waals surface area contributed by atoms with Crippen LogP contribution in [-0.4, -0.2) is 15.2 Å². The van der Waals surface area contributed by atoms with E-state index in [2.05, 4.69) is 34.7 Å². The van der Waals surface area contributed by atoms with Crippen LogP contribution in [-0.2, 0) is 0 Å². The van der Waals surface area contributed by atoms with Gasteiger partial charge in [-0.3, -0.25) is 4.79 Å². The van der Waals surface area contributed by atoms with Crippen LogP contribution in [0.5, 0.6) is 0 Å². The van der Waals surface area contributed by atoms with Gasteiger partial charge in [0.15, 0.2) is 0 Å². The first kappa shape index (κ1) is 18.9. The zero-order valence-electron chi connectivity index (χ0n) is 16.3. The van der Waals surface area contributed by atoms with E-state index in [4.69, 9.17) is 4.98 Å². The van der Waals surface area contributed by atoms with Gasteiger partial charge in [0.25, 0.3) is 0 Å². The molecule has 0 saturated heterocycles. The second-order valence-corrected chi connectivity index (χ2v) is 10.4. The molecular formula is C23H25N3OS2. The number of H-pyrrole nitrogens is 1. The van der Waals surface area contributed by atoms with E-state index < -0.39 is 0 Å². The average Bonchev–Trinajstić information content (AvgIpc) is 3.43. The molecule has 29 heavy (non-hydrogen) atoms. The van der Waals surface area contributed by atoms with Crippen LogP contribution >= 0.6 is 23.1 Å². The highest BCUT2D eigenvalue weighted by molar-refractivity contribution is 8.00. The molecule has 0 bridgehead atoms. The predicted octanol–water partition coefficient (Wildman–Crippen LogP) is 6.54. The molecule has 0 spiro atoms. The minimum atomic E-state index is -0.0881. The van der Waals surface area contributed by atoms with Crippen molar-refractivity contribution < 1.29 is 0 Å². The Morgan fingerprint density at radius 3 is 2.62 bits per heavy atom. The summed E-state index contributed by atoms with van der Waals surface area (Å²) >= 11 is 3.87. The number of aromatic nitrogens is 2. The first-order valence-electron chi connectivity index (χ1n) is 10.5. The number of nitrogens with zero attached hydrogens (tertiary/aromatic N) is 1. The fourth-order valence-electron chi connectivity index (χ4n) is 3.87. The summed E-state index contributed by atoms with van der Waals surface area (Å²) in [5, 5.41) is 5.46. The molecule has 2 aliphatic rings. The minimum absolute atomic E-state index is 0.0881. The van der Waals surface area contributed by atoms with Crippen LogP contribution in [0.2, 0.25) is 0 Å². The van der Waals surface area contributed by atoms with Gasteiger partial charge in [-0.25, -0.2) is 4.98 Å². The Labute approximate surface area is 179 Å². The summed E-state index contributed by atoms with van der Waals surface area (Å²) in [7, 11) is 0. The van der Waals surface area contributed by atoms with Gasteiger partial charge >= 0.3 is 0 Å². The van der Waals surface area contributed by atoms with Crippen molar-refractivity contribution in [2.24, 2.45) is 0 Å². The zero-order valence-corrected chi connectivity index (χ0v) is 18.0. The Bertz CT molecular complexity index is 1030. The monoisotopic (exact) mass is 423 g/mol. The summed E-state index contributed by atoms with van der Waals surface area (Å²) in [5.41, 5.74) is 3.14. The quantitative estimate of drug-likeness (QED) is 0.472. The highest BCUT2D eigenvalue weighted by Crippen LogP contribution is 2.46. The van der Waals surface area contributed by atoms with Crippen LogP contribution in [0.15, 0.2) is 52.4 Å². The van der Waals surface area contributed by atoms with E-state index in [0.717, 1.165) is 16.6 Å². The zero-order chi connectivity index (χ0) is 19.6. The Hall–Kier alpha value is -2.05. The number of nitrogens with one attached hydrogen (secondary N) is 2. The minimum Gasteiger partial charge on any atom is -0.354 e. The largest absolute Gasteiger partial charge is 0.354 e. The number of hydrogen-bond acceptors (Lipinski definition) is 5. The number of anilines is 2. The Balaban J connectivity index is 1.42. The van der Waals surface area contributed by atoms with Gasteiger partial charge in [0.1, 0.15) is 0 Å². The maximum Gasteiger partial charge on any atom is 0.248 e. The van der Waals surface area contributed by atoms with Gasteiger partial charge in [-0.05, 0) is 43.9 Å². The smallest absolute Gasteiger partial charge is 0.248 e. The van der Waals surface area contributed by atoms with Crippen molar-refractivity contribution in [1.29, 1.82) is 0 Å². The third-order valence-electron chi connectivity index (χ3n) is 5.62. The number of pyridine rings is 1. The standard InChI is InChI=1S/C23H25N3OS2/c27-22-11-7-17(13-24-22)26-16-6-10-19(20(12-16)28-18-8-9-18)21-14-25-23(29-21)15-4-2-1-3-5-15/h6-7,10-15,18,26H,1-5,8-9H2,(H,24,27).